The van der Waals surface area contributed by atoms with Crippen LogP contribution in [0.5, 0.6) is 0 Å². The van der Waals surface area contributed by atoms with Gasteiger partial charge in [0, 0.05) is 19.5 Å². The summed E-state index contributed by atoms with van der Waals surface area (Å²) in [5.74, 6) is -3.58. The molecule has 23 heavy (non-hydrogen) atoms. The van der Waals surface area contributed by atoms with Crippen LogP contribution < -0.4 is 5.63 Å². The van der Waals surface area contributed by atoms with Crippen molar-refractivity contribution in [2.24, 2.45) is 17.8 Å². The van der Waals surface area contributed by atoms with Gasteiger partial charge in [-0.25, -0.2) is 13.6 Å². The number of carbonyl (C=O) groups excluding carboxylic acids is 1. The maximum atomic E-state index is 13.2. The number of aryl methyl sites for hydroxylation is 2. The van der Waals surface area contributed by atoms with E-state index in [-0.39, 0.29) is 18.7 Å². The molecule has 0 bridgehead atoms. The molecule has 0 spiro atoms. The standard InChI is InChI=1S/C17H21F2NO3/c1-9(2)4-5-11-6-10(3)14(16(22)23-11)15(21)20-7-12-13(8-20)17(12,18)19/h6,9,12-13H,4-5,7-8H2,1-3H3. The van der Waals surface area contributed by atoms with Crippen LogP contribution in [-0.2, 0) is 6.42 Å². The first-order valence-electron chi connectivity index (χ1n) is 8.02. The Kier molecular flexibility index (Phi) is 3.81. The number of hydrogen-bond donors (Lipinski definition) is 0. The number of likely N-dealkylation sites (tertiary alicyclic amines) is 1. The molecule has 1 amide bonds. The molecule has 1 saturated heterocycles. The van der Waals surface area contributed by atoms with Gasteiger partial charge in [0.05, 0.1) is 11.8 Å². The minimum Gasteiger partial charge on any atom is -0.427 e. The summed E-state index contributed by atoms with van der Waals surface area (Å²) < 4.78 is 31.7. The van der Waals surface area contributed by atoms with Gasteiger partial charge >= 0.3 is 5.63 Å². The first kappa shape index (κ1) is 16.1. The summed E-state index contributed by atoms with van der Waals surface area (Å²) in [6.07, 6.45) is 1.53. The Morgan fingerprint density at radius 1 is 1.39 bits per heavy atom. The van der Waals surface area contributed by atoms with Crippen molar-refractivity contribution in [1.29, 1.82) is 0 Å². The van der Waals surface area contributed by atoms with E-state index in [9.17, 15) is 18.4 Å². The van der Waals surface area contributed by atoms with Crippen LogP contribution >= 0.6 is 0 Å². The van der Waals surface area contributed by atoms with Gasteiger partial charge in [-0.1, -0.05) is 13.8 Å². The number of alkyl halides is 2. The molecule has 2 aliphatic rings. The molecule has 0 radical (unpaired) electrons. The number of fused-ring (bicyclic) bond motifs is 1. The summed E-state index contributed by atoms with van der Waals surface area (Å²) in [5, 5.41) is 0. The van der Waals surface area contributed by atoms with E-state index in [2.05, 4.69) is 13.8 Å². The van der Waals surface area contributed by atoms with E-state index < -0.39 is 29.3 Å². The third-order valence-corrected chi connectivity index (χ3v) is 4.87. The summed E-state index contributed by atoms with van der Waals surface area (Å²) in [5.41, 5.74) is -0.138. The van der Waals surface area contributed by atoms with Gasteiger partial charge in [-0.3, -0.25) is 4.79 Å². The molecule has 1 aromatic rings. The number of amides is 1. The highest BCUT2D eigenvalue weighted by molar-refractivity contribution is 5.95. The fourth-order valence-electron chi connectivity index (χ4n) is 3.32. The van der Waals surface area contributed by atoms with Crippen LogP contribution in [0.1, 0.15) is 41.9 Å². The molecule has 4 nitrogen and oxygen atoms in total. The van der Waals surface area contributed by atoms with Gasteiger partial charge in [-0.05, 0) is 30.9 Å². The lowest BCUT2D eigenvalue weighted by Gasteiger charge is -2.20. The maximum Gasteiger partial charge on any atom is 0.349 e. The Labute approximate surface area is 133 Å². The van der Waals surface area contributed by atoms with Crippen molar-refractivity contribution in [2.45, 2.75) is 39.5 Å². The number of rotatable bonds is 4. The van der Waals surface area contributed by atoms with Crippen molar-refractivity contribution in [3.8, 4) is 0 Å². The molecule has 2 heterocycles. The molecule has 2 atom stereocenters. The van der Waals surface area contributed by atoms with Crippen molar-refractivity contribution < 1.29 is 18.0 Å². The average molecular weight is 325 g/mol. The second kappa shape index (κ2) is 5.42. The number of hydrogen-bond acceptors (Lipinski definition) is 3. The smallest absolute Gasteiger partial charge is 0.349 e. The molecule has 1 aromatic heterocycles. The zero-order valence-corrected chi connectivity index (χ0v) is 13.6. The normalized spacial score (nSPS) is 24.9. The molecular formula is C17H21F2NO3. The minimum atomic E-state index is -2.64. The summed E-state index contributed by atoms with van der Waals surface area (Å²) in [4.78, 5) is 26.0. The molecule has 6 heteroatoms. The Hall–Kier alpha value is -1.72. The Balaban J connectivity index is 1.75. The molecular weight excluding hydrogens is 304 g/mol. The molecule has 2 unspecified atom stereocenters. The van der Waals surface area contributed by atoms with Crippen LogP contribution in [0.3, 0.4) is 0 Å². The first-order chi connectivity index (χ1) is 10.7. The SMILES string of the molecule is Cc1cc(CCC(C)C)oc(=O)c1C(=O)N1CC2C(C1)C2(F)F. The van der Waals surface area contributed by atoms with Gasteiger partial charge in [0.15, 0.2) is 0 Å². The largest absolute Gasteiger partial charge is 0.427 e. The van der Waals surface area contributed by atoms with Gasteiger partial charge in [0.1, 0.15) is 11.3 Å². The molecule has 1 saturated carbocycles. The number of carbonyl (C=O) groups is 1. The summed E-state index contributed by atoms with van der Waals surface area (Å²) in [6, 6.07) is 1.71. The van der Waals surface area contributed by atoms with Gasteiger partial charge < -0.3 is 9.32 Å². The highest BCUT2D eigenvalue weighted by atomic mass is 19.3. The van der Waals surface area contributed by atoms with Crippen LogP contribution in [0, 0.1) is 24.7 Å². The fraction of sp³-hybridized carbons (Fsp3) is 0.647. The van der Waals surface area contributed by atoms with Crippen molar-refractivity contribution in [3.63, 3.8) is 0 Å². The van der Waals surface area contributed by atoms with Crippen LogP contribution in [0.25, 0.3) is 0 Å². The molecule has 3 rings (SSSR count). The van der Waals surface area contributed by atoms with E-state index in [1.165, 1.54) is 4.90 Å². The topological polar surface area (TPSA) is 50.5 Å². The lowest BCUT2D eigenvalue weighted by molar-refractivity contribution is 0.0456. The van der Waals surface area contributed by atoms with Crippen LogP contribution in [-0.4, -0.2) is 29.8 Å². The molecule has 1 aliphatic heterocycles. The molecule has 1 aliphatic carbocycles. The predicted octanol–water partition coefficient (Wildman–Crippen LogP) is 2.87. The fourth-order valence-corrected chi connectivity index (χ4v) is 3.32. The molecule has 126 valence electrons. The van der Waals surface area contributed by atoms with E-state index in [4.69, 9.17) is 4.42 Å². The lowest BCUT2D eigenvalue weighted by atomic mass is 10.0. The highest BCUT2D eigenvalue weighted by Crippen LogP contribution is 2.59. The molecule has 2 fully saturated rings. The van der Waals surface area contributed by atoms with Crippen LogP contribution in [0.2, 0.25) is 0 Å². The Bertz CT molecular complexity index is 682. The average Bonchev–Trinajstić information content (AvgIpc) is 2.84. The maximum absolute atomic E-state index is 13.2. The van der Waals surface area contributed by atoms with Gasteiger partial charge in [0.2, 0.25) is 0 Å². The zero-order valence-electron chi connectivity index (χ0n) is 13.6. The lowest BCUT2D eigenvalue weighted by Crippen LogP contribution is -2.36. The van der Waals surface area contributed by atoms with Crippen LogP contribution in [0.15, 0.2) is 15.3 Å². The Morgan fingerprint density at radius 2 is 2.00 bits per heavy atom. The van der Waals surface area contributed by atoms with Gasteiger partial charge in [-0.2, -0.15) is 0 Å². The van der Waals surface area contributed by atoms with Crippen molar-refractivity contribution in [1.82, 2.24) is 4.90 Å². The Morgan fingerprint density at radius 3 is 2.52 bits per heavy atom. The second-order valence-corrected chi connectivity index (χ2v) is 7.09. The molecule has 0 aromatic carbocycles. The predicted molar refractivity (Wildman–Crippen MR) is 80.7 cm³/mol. The second-order valence-electron chi connectivity index (χ2n) is 7.09. The number of nitrogens with zero attached hydrogens (tertiary/aromatic N) is 1. The van der Waals surface area contributed by atoms with E-state index in [0.717, 1.165) is 6.42 Å². The minimum absolute atomic E-state index is 0.0183. The van der Waals surface area contributed by atoms with E-state index in [1.54, 1.807) is 13.0 Å². The van der Waals surface area contributed by atoms with Crippen molar-refractivity contribution in [2.75, 3.05) is 13.1 Å². The third-order valence-electron chi connectivity index (χ3n) is 4.87. The molecule has 0 N–H and O–H groups in total. The first-order valence-corrected chi connectivity index (χ1v) is 8.02. The highest BCUT2D eigenvalue weighted by Gasteiger charge is 2.72. The van der Waals surface area contributed by atoms with Gasteiger partial charge in [0.25, 0.3) is 11.8 Å². The summed E-state index contributed by atoms with van der Waals surface area (Å²) >= 11 is 0. The number of piperidine rings is 1. The van der Waals surface area contributed by atoms with Crippen molar-refractivity contribution in [3.05, 3.63) is 33.4 Å². The summed E-state index contributed by atoms with van der Waals surface area (Å²) in [7, 11) is 0. The van der Waals surface area contributed by atoms with E-state index in [0.29, 0.717) is 23.7 Å². The monoisotopic (exact) mass is 325 g/mol. The number of halogens is 2. The third kappa shape index (κ3) is 2.79. The van der Waals surface area contributed by atoms with Crippen LogP contribution in [0.4, 0.5) is 8.78 Å². The zero-order chi connectivity index (χ0) is 16.9. The summed E-state index contributed by atoms with van der Waals surface area (Å²) in [6.45, 7) is 5.89. The van der Waals surface area contributed by atoms with E-state index >= 15 is 0 Å². The van der Waals surface area contributed by atoms with Crippen molar-refractivity contribution >= 4 is 5.91 Å². The van der Waals surface area contributed by atoms with E-state index in [1.807, 2.05) is 0 Å². The van der Waals surface area contributed by atoms with Gasteiger partial charge in [-0.15, -0.1) is 0 Å². The quantitative estimate of drug-likeness (QED) is 0.855.